The minimum absolute atomic E-state index is 0.224. The van der Waals surface area contributed by atoms with E-state index >= 15 is 0 Å². The second-order valence-corrected chi connectivity index (χ2v) is 5.20. The fourth-order valence-electron chi connectivity index (χ4n) is 2.45. The molecule has 6 heteroatoms. The van der Waals surface area contributed by atoms with Crippen LogP contribution in [0.25, 0.3) is 0 Å². The van der Waals surface area contributed by atoms with E-state index in [1.54, 1.807) is 12.1 Å². The molecule has 1 aromatic heterocycles. The first-order valence-electron chi connectivity index (χ1n) is 7.10. The highest BCUT2D eigenvalue weighted by atomic mass is 16.5. The molecule has 1 aliphatic rings. The van der Waals surface area contributed by atoms with E-state index < -0.39 is 5.97 Å². The standard InChI is InChI=1S/C14H22N4O2/c1-11(10-18-8-4-3-5-9-18)15-13-7-6-12(16-17-13)14(19)20-2/h6-7,11H,3-5,8-10H2,1-2H3,(H,15,17). The van der Waals surface area contributed by atoms with Crippen LogP contribution in [0.1, 0.15) is 36.7 Å². The van der Waals surface area contributed by atoms with Crippen molar-refractivity contribution in [1.82, 2.24) is 15.1 Å². The molecule has 110 valence electrons. The zero-order valence-electron chi connectivity index (χ0n) is 12.1. The van der Waals surface area contributed by atoms with E-state index in [0.29, 0.717) is 11.9 Å². The van der Waals surface area contributed by atoms with Gasteiger partial charge in [0.1, 0.15) is 5.82 Å². The number of hydrogen-bond acceptors (Lipinski definition) is 6. The number of piperidine rings is 1. The molecule has 1 N–H and O–H groups in total. The summed E-state index contributed by atoms with van der Waals surface area (Å²) in [4.78, 5) is 13.7. The predicted molar refractivity (Wildman–Crippen MR) is 76.7 cm³/mol. The maximum absolute atomic E-state index is 11.3. The lowest BCUT2D eigenvalue weighted by molar-refractivity contribution is 0.0593. The third-order valence-corrected chi connectivity index (χ3v) is 3.43. The monoisotopic (exact) mass is 278 g/mol. The Kier molecular flexibility index (Phi) is 5.29. The first-order chi connectivity index (χ1) is 9.69. The van der Waals surface area contributed by atoms with Gasteiger partial charge in [0.05, 0.1) is 7.11 Å². The van der Waals surface area contributed by atoms with E-state index in [-0.39, 0.29) is 5.69 Å². The van der Waals surface area contributed by atoms with Gasteiger partial charge in [-0.3, -0.25) is 0 Å². The van der Waals surface area contributed by atoms with Gasteiger partial charge in [0, 0.05) is 12.6 Å². The highest BCUT2D eigenvalue weighted by Gasteiger charge is 2.14. The molecule has 0 amide bonds. The maximum Gasteiger partial charge on any atom is 0.358 e. The van der Waals surface area contributed by atoms with E-state index in [9.17, 15) is 4.79 Å². The van der Waals surface area contributed by atoms with Crippen LogP contribution in [0.15, 0.2) is 12.1 Å². The van der Waals surface area contributed by atoms with Crippen molar-refractivity contribution in [3.05, 3.63) is 17.8 Å². The van der Waals surface area contributed by atoms with Gasteiger partial charge in [-0.05, 0) is 45.0 Å². The van der Waals surface area contributed by atoms with Gasteiger partial charge >= 0.3 is 5.97 Å². The van der Waals surface area contributed by atoms with Gasteiger partial charge in [-0.25, -0.2) is 4.79 Å². The summed E-state index contributed by atoms with van der Waals surface area (Å²) in [5.74, 6) is 0.215. The Labute approximate surface area is 119 Å². The third-order valence-electron chi connectivity index (χ3n) is 3.43. The normalized spacial score (nSPS) is 17.5. The Morgan fingerprint density at radius 3 is 2.70 bits per heavy atom. The maximum atomic E-state index is 11.3. The molecule has 1 aliphatic heterocycles. The molecule has 2 heterocycles. The van der Waals surface area contributed by atoms with Crippen LogP contribution in [0.4, 0.5) is 5.82 Å². The molecule has 2 rings (SSSR count). The summed E-state index contributed by atoms with van der Waals surface area (Å²) in [5, 5.41) is 11.2. The number of carbonyl (C=O) groups excluding carboxylic acids is 1. The number of carbonyl (C=O) groups is 1. The molecule has 1 saturated heterocycles. The van der Waals surface area contributed by atoms with Gasteiger partial charge < -0.3 is 15.0 Å². The molecule has 1 fully saturated rings. The number of hydrogen-bond donors (Lipinski definition) is 1. The molecule has 6 nitrogen and oxygen atoms in total. The average molecular weight is 278 g/mol. The zero-order chi connectivity index (χ0) is 14.4. The van der Waals surface area contributed by atoms with Crippen LogP contribution >= 0.6 is 0 Å². The highest BCUT2D eigenvalue weighted by molar-refractivity contribution is 5.86. The quantitative estimate of drug-likeness (QED) is 0.824. The Morgan fingerprint density at radius 1 is 1.35 bits per heavy atom. The van der Waals surface area contributed by atoms with Crippen molar-refractivity contribution in [2.75, 3.05) is 32.1 Å². The van der Waals surface area contributed by atoms with E-state index in [4.69, 9.17) is 0 Å². The van der Waals surface area contributed by atoms with Gasteiger partial charge in [0.15, 0.2) is 5.69 Å². The molecule has 1 atom stereocenters. The minimum atomic E-state index is -0.467. The van der Waals surface area contributed by atoms with Crippen LogP contribution in [0.5, 0.6) is 0 Å². The SMILES string of the molecule is COC(=O)c1ccc(NC(C)CN2CCCCC2)nn1. The number of anilines is 1. The number of esters is 1. The predicted octanol–water partition coefficient (Wildman–Crippen LogP) is 1.55. The third kappa shape index (κ3) is 4.16. The van der Waals surface area contributed by atoms with Crippen LogP contribution in [-0.2, 0) is 4.74 Å². The van der Waals surface area contributed by atoms with Crippen molar-refractivity contribution in [2.24, 2.45) is 0 Å². The molecule has 0 aromatic carbocycles. The van der Waals surface area contributed by atoms with Crippen LogP contribution < -0.4 is 5.32 Å². The van der Waals surface area contributed by atoms with Crippen molar-refractivity contribution in [2.45, 2.75) is 32.2 Å². The summed E-state index contributed by atoms with van der Waals surface area (Å²) in [6.07, 6.45) is 3.93. The van der Waals surface area contributed by atoms with Crippen LogP contribution in [0.2, 0.25) is 0 Å². The number of rotatable bonds is 5. The van der Waals surface area contributed by atoms with Crippen molar-refractivity contribution in [3.63, 3.8) is 0 Å². The number of aromatic nitrogens is 2. The molecule has 1 aromatic rings. The fraction of sp³-hybridized carbons (Fsp3) is 0.643. The molecule has 20 heavy (non-hydrogen) atoms. The first kappa shape index (κ1) is 14.7. The summed E-state index contributed by atoms with van der Waals surface area (Å²) < 4.78 is 4.59. The van der Waals surface area contributed by atoms with Crippen LogP contribution in [-0.4, -0.2) is 53.9 Å². The van der Waals surface area contributed by atoms with Gasteiger partial charge in [0.2, 0.25) is 0 Å². The van der Waals surface area contributed by atoms with Crippen LogP contribution in [0.3, 0.4) is 0 Å². The van der Waals surface area contributed by atoms with Crippen molar-refractivity contribution in [3.8, 4) is 0 Å². The molecule has 0 aliphatic carbocycles. The smallest absolute Gasteiger partial charge is 0.358 e. The first-order valence-corrected chi connectivity index (χ1v) is 7.10. The number of methoxy groups -OCH3 is 1. The van der Waals surface area contributed by atoms with E-state index in [1.807, 2.05) is 0 Å². The fourth-order valence-corrected chi connectivity index (χ4v) is 2.45. The van der Waals surface area contributed by atoms with Crippen LogP contribution in [0, 0.1) is 0 Å². The average Bonchev–Trinajstić information content (AvgIpc) is 2.48. The Balaban J connectivity index is 1.84. The molecule has 0 radical (unpaired) electrons. The van der Waals surface area contributed by atoms with Gasteiger partial charge in [0.25, 0.3) is 0 Å². The Morgan fingerprint density at radius 2 is 2.10 bits per heavy atom. The second-order valence-electron chi connectivity index (χ2n) is 5.20. The summed E-state index contributed by atoms with van der Waals surface area (Å²) in [6.45, 7) is 5.49. The van der Waals surface area contributed by atoms with Crippen molar-refractivity contribution >= 4 is 11.8 Å². The second kappa shape index (κ2) is 7.19. The molecular formula is C14H22N4O2. The molecule has 1 unspecified atom stereocenters. The largest absolute Gasteiger partial charge is 0.464 e. The van der Waals surface area contributed by atoms with Gasteiger partial charge in [-0.2, -0.15) is 0 Å². The van der Waals surface area contributed by atoms with Crippen molar-refractivity contribution < 1.29 is 9.53 Å². The molecule has 0 bridgehead atoms. The molecule has 0 spiro atoms. The van der Waals surface area contributed by atoms with Gasteiger partial charge in [-0.1, -0.05) is 6.42 Å². The summed E-state index contributed by atoms with van der Waals surface area (Å²) in [5.41, 5.74) is 0.224. The number of nitrogens with one attached hydrogen (secondary N) is 1. The minimum Gasteiger partial charge on any atom is -0.464 e. The lowest BCUT2D eigenvalue weighted by atomic mass is 10.1. The van der Waals surface area contributed by atoms with Crippen molar-refractivity contribution in [1.29, 1.82) is 0 Å². The number of nitrogens with zero attached hydrogens (tertiary/aromatic N) is 3. The zero-order valence-corrected chi connectivity index (χ0v) is 12.1. The lowest BCUT2D eigenvalue weighted by Crippen LogP contribution is -2.38. The van der Waals surface area contributed by atoms with Gasteiger partial charge in [-0.15, -0.1) is 10.2 Å². The molecule has 0 saturated carbocycles. The van der Waals surface area contributed by atoms with E-state index in [1.165, 1.54) is 39.5 Å². The topological polar surface area (TPSA) is 67.3 Å². The Bertz CT molecular complexity index is 429. The lowest BCUT2D eigenvalue weighted by Gasteiger charge is -2.29. The summed E-state index contributed by atoms with van der Waals surface area (Å²) in [7, 11) is 1.33. The van der Waals surface area contributed by atoms with E-state index in [2.05, 4.69) is 32.1 Å². The van der Waals surface area contributed by atoms with E-state index in [0.717, 1.165) is 6.54 Å². The number of likely N-dealkylation sites (tertiary alicyclic amines) is 1. The summed E-state index contributed by atoms with van der Waals surface area (Å²) >= 11 is 0. The summed E-state index contributed by atoms with van der Waals surface area (Å²) in [6, 6.07) is 3.67. The highest BCUT2D eigenvalue weighted by Crippen LogP contribution is 2.11. The number of ether oxygens (including phenoxy) is 1. The molecular weight excluding hydrogens is 256 g/mol. The Hall–Kier alpha value is -1.69.